The topological polar surface area (TPSA) is 49.8 Å². The highest BCUT2D eigenvalue weighted by atomic mass is 19.4. The van der Waals surface area contributed by atoms with Gasteiger partial charge in [0.05, 0.1) is 6.10 Å². The first-order valence-electron chi connectivity index (χ1n) is 12.1. The van der Waals surface area contributed by atoms with Crippen LogP contribution in [-0.2, 0) is 4.79 Å². The number of alkyl halides is 3. The number of fused-ring (bicyclic) bond motifs is 5. The highest BCUT2D eigenvalue weighted by molar-refractivity contribution is 5.89. The molecule has 184 valence electrons. The van der Waals surface area contributed by atoms with Gasteiger partial charge in [-0.15, -0.1) is 13.2 Å². The fraction of sp³-hybridized carbons (Fsp3) is 0.593. The first-order chi connectivity index (χ1) is 15.9. The third kappa shape index (κ3) is 3.67. The Morgan fingerprint density at radius 2 is 1.94 bits per heavy atom. The lowest BCUT2D eigenvalue weighted by atomic mass is 9.48. The van der Waals surface area contributed by atoms with Gasteiger partial charge in [-0.2, -0.15) is 0 Å². The average Bonchev–Trinajstić information content (AvgIpc) is 3.01. The molecule has 1 amide bonds. The molecule has 1 aromatic rings. The number of aliphatic hydroxyl groups is 1. The van der Waals surface area contributed by atoms with E-state index in [1.165, 1.54) is 18.2 Å². The number of carbonyl (C=O) groups excluding carboxylic acids is 1. The molecule has 1 N–H and O–H groups in total. The number of nitrogens with zero attached hydrogens (tertiary/aromatic N) is 1. The number of carbonyl (C=O) groups is 1. The Morgan fingerprint density at radius 1 is 1.18 bits per heavy atom. The van der Waals surface area contributed by atoms with Crippen LogP contribution in [0.3, 0.4) is 0 Å². The summed E-state index contributed by atoms with van der Waals surface area (Å²) in [6.45, 7) is 4.45. The lowest BCUT2D eigenvalue weighted by Crippen LogP contribution is -2.59. The van der Waals surface area contributed by atoms with Crippen molar-refractivity contribution in [2.24, 2.45) is 28.6 Å². The molecular weight excluding hydrogens is 443 g/mol. The van der Waals surface area contributed by atoms with Crippen molar-refractivity contribution in [3.63, 3.8) is 0 Å². The van der Waals surface area contributed by atoms with E-state index in [2.05, 4.69) is 24.7 Å². The van der Waals surface area contributed by atoms with Crippen molar-refractivity contribution in [2.75, 3.05) is 7.05 Å². The van der Waals surface area contributed by atoms with Gasteiger partial charge in [0.1, 0.15) is 5.75 Å². The lowest BCUT2D eigenvalue weighted by Gasteiger charge is -2.59. The van der Waals surface area contributed by atoms with Crippen LogP contribution in [0.15, 0.2) is 42.0 Å². The van der Waals surface area contributed by atoms with E-state index < -0.39 is 12.5 Å². The van der Waals surface area contributed by atoms with Gasteiger partial charge >= 0.3 is 6.36 Å². The van der Waals surface area contributed by atoms with Crippen molar-refractivity contribution in [1.82, 2.24) is 4.90 Å². The molecule has 34 heavy (non-hydrogen) atoms. The molecule has 0 aromatic heterocycles. The Bertz CT molecular complexity index is 1050. The Balaban J connectivity index is 1.43. The summed E-state index contributed by atoms with van der Waals surface area (Å²) in [5, 5.41) is 11.4. The second-order valence-electron chi connectivity index (χ2n) is 11.1. The average molecular weight is 476 g/mol. The van der Waals surface area contributed by atoms with Crippen molar-refractivity contribution >= 4 is 12.0 Å². The first kappa shape index (κ1) is 23.5. The van der Waals surface area contributed by atoms with Crippen LogP contribution < -0.4 is 4.74 Å². The lowest BCUT2D eigenvalue weighted by molar-refractivity contribution is -0.274. The molecule has 3 saturated carbocycles. The van der Waals surface area contributed by atoms with Crippen LogP contribution in [-0.4, -0.2) is 41.5 Å². The van der Waals surface area contributed by atoms with Gasteiger partial charge in [-0.25, -0.2) is 0 Å². The molecule has 7 heteroatoms. The van der Waals surface area contributed by atoms with Gasteiger partial charge < -0.3 is 14.7 Å². The van der Waals surface area contributed by atoms with E-state index in [9.17, 15) is 23.1 Å². The molecule has 1 heterocycles. The second-order valence-corrected chi connectivity index (χ2v) is 11.1. The van der Waals surface area contributed by atoms with E-state index in [1.54, 1.807) is 12.1 Å². The monoisotopic (exact) mass is 475 g/mol. The van der Waals surface area contributed by atoms with Gasteiger partial charge in [-0.05, 0) is 79.2 Å². The van der Waals surface area contributed by atoms with E-state index in [0.29, 0.717) is 23.3 Å². The summed E-state index contributed by atoms with van der Waals surface area (Å²) in [5.74, 6) is 0.987. The quantitative estimate of drug-likeness (QED) is 0.608. The van der Waals surface area contributed by atoms with Crippen molar-refractivity contribution in [3.8, 4) is 5.75 Å². The molecule has 0 saturated heterocycles. The highest BCUT2D eigenvalue weighted by Crippen LogP contribution is 2.65. The molecule has 1 aliphatic heterocycles. The van der Waals surface area contributed by atoms with Gasteiger partial charge in [0.25, 0.3) is 0 Å². The summed E-state index contributed by atoms with van der Waals surface area (Å²) < 4.78 is 42.0. The largest absolute Gasteiger partial charge is 0.573 e. The zero-order valence-electron chi connectivity index (χ0n) is 19.8. The minimum atomic E-state index is -4.74. The molecule has 5 rings (SSSR count). The number of rotatable bonds is 2. The van der Waals surface area contributed by atoms with Crippen LogP contribution in [0.4, 0.5) is 13.2 Å². The fourth-order valence-corrected chi connectivity index (χ4v) is 7.75. The predicted octanol–water partition coefficient (Wildman–Crippen LogP) is 5.58. The Hall–Kier alpha value is -2.28. The number of amides is 1. The molecule has 0 bridgehead atoms. The van der Waals surface area contributed by atoms with Gasteiger partial charge in [0.2, 0.25) is 5.91 Å². The van der Waals surface area contributed by atoms with E-state index in [0.717, 1.165) is 37.7 Å². The number of hydrogen-bond donors (Lipinski definition) is 1. The number of likely N-dealkylation sites (N-methyl/N-ethyl adjacent to an activating group) is 1. The van der Waals surface area contributed by atoms with Gasteiger partial charge in [-0.1, -0.05) is 38.1 Å². The summed E-state index contributed by atoms with van der Waals surface area (Å²) in [6, 6.07) is 6.13. The van der Waals surface area contributed by atoms with Crippen molar-refractivity contribution in [1.29, 1.82) is 0 Å². The minimum Gasteiger partial charge on any atom is -0.406 e. The maximum absolute atomic E-state index is 12.6. The van der Waals surface area contributed by atoms with Crippen LogP contribution in [0.25, 0.3) is 6.08 Å². The summed E-state index contributed by atoms with van der Waals surface area (Å²) >= 11 is 0. The van der Waals surface area contributed by atoms with Crippen molar-refractivity contribution < 1.29 is 27.8 Å². The molecule has 0 radical (unpaired) electrons. The van der Waals surface area contributed by atoms with Gasteiger partial charge in [-0.3, -0.25) is 4.79 Å². The molecule has 4 nitrogen and oxygen atoms in total. The second kappa shape index (κ2) is 7.87. The molecule has 1 aromatic carbocycles. The third-order valence-corrected chi connectivity index (χ3v) is 9.44. The zero-order valence-corrected chi connectivity index (χ0v) is 19.8. The van der Waals surface area contributed by atoms with Crippen LogP contribution in [0.1, 0.15) is 51.5 Å². The number of hydrogen-bond acceptors (Lipinski definition) is 3. The number of ether oxygens (including phenoxy) is 1. The van der Waals surface area contributed by atoms with E-state index in [1.807, 2.05) is 18.0 Å². The molecular formula is C27H32F3NO3. The number of halogens is 3. The van der Waals surface area contributed by atoms with Crippen LogP contribution >= 0.6 is 0 Å². The number of benzene rings is 1. The van der Waals surface area contributed by atoms with Crippen molar-refractivity contribution in [3.05, 3.63) is 47.6 Å². The normalized spacial score (nSPS) is 40.7. The Kier molecular flexibility index (Phi) is 5.43. The summed E-state index contributed by atoms with van der Waals surface area (Å²) in [6.07, 6.45) is 4.92. The minimum absolute atomic E-state index is 0.0693. The molecule has 0 unspecified atom stereocenters. The molecule has 4 aliphatic rings. The Labute approximate surface area is 198 Å². The smallest absolute Gasteiger partial charge is 0.406 e. The first-order valence-corrected chi connectivity index (χ1v) is 12.1. The van der Waals surface area contributed by atoms with E-state index in [-0.39, 0.29) is 28.5 Å². The van der Waals surface area contributed by atoms with Gasteiger partial charge in [0.15, 0.2) is 0 Å². The van der Waals surface area contributed by atoms with Crippen LogP contribution in [0.2, 0.25) is 0 Å². The third-order valence-electron chi connectivity index (χ3n) is 9.44. The maximum atomic E-state index is 12.6. The number of aliphatic hydroxyl groups excluding tert-OH is 1. The molecule has 3 fully saturated rings. The van der Waals surface area contributed by atoms with E-state index >= 15 is 0 Å². The molecule has 7 atom stereocenters. The van der Waals surface area contributed by atoms with Gasteiger partial charge in [0, 0.05) is 23.9 Å². The highest BCUT2D eigenvalue weighted by Gasteiger charge is 2.61. The summed E-state index contributed by atoms with van der Waals surface area (Å²) in [7, 11) is 1.90. The summed E-state index contributed by atoms with van der Waals surface area (Å²) in [5.41, 5.74) is 1.15. The standard InChI is InChI=1S/C27H32F3NO3/c1-25-12-10-23(32)31(3)22(25)8-7-19-20(25)9-11-26(2)21(19)15-17(24(26)33)13-16-5-4-6-18(14-16)34-27(28,29)30/h4-6,10,12-14,19-22,24,33H,7-9,11,15H2,1-3H3/b17-13+/t19-,20+,21+,22-,24+,25-,26+/m1/s1. The predicted molar refractivity (Wildman–Crippen MR) is 123 cm³/mol. The zero-order chi connectivity index (χ0) is 24.5. The van der Waals surface area contributed by atoms with Crippen LogP contribution in [0.5, 0.6) is 5.75 Å². The Morgan fingerprint density at radius 3 is 2.68 bits per heavy atom. The van der Waals surface area contributed by atoms with Crippen LogP contribution in [0, 0.1) is 28.6 Å². The molecule has 0 spiro atoms. The SMILES string of the molecule is CN1C(=O)C=C[C@]2(C)[C@H]3CC[C@]4(C)[C@@H](O)/C(=C/c5cccc(OC(F)(F)F)c5)C[C@H]4[C@@H]3CC[C@@H]12. The molecule has 3 aliphatic carbocycles. The van der Waals surface area contributed by atoms with E-state index in [4.69, 9.17) is 0 Å². The van der Waals surface area contributed by atoms with Crippen molar-refractivity contribution in [2.45, 2.75) is 64.5 Å². The maximum Gasteiger partial charge on any atom is 0.573 e. The fourth-order valence-electron chi connectivity index (χ4n) is 7.75. The summed E-state index contributed by atoms with van der Waals surface area (Å²) in [4.78, 5) is 14.2.